The number of hydrogen-bond donors (Lipinski definition) is 3. The molecule has 1 heterocycles. The second kappa shape index (κ2) is 5.07. The summed E-state index contributed by atoms with van der Waals surface area (Å²) < 4.78 is 26.8. The molecule has 0 radical (unpaired) electrons. The Morgan fingerprint density at radius 2 is 1.95 bits per heavy atom. The van der Waals surface area contributed by atoms with Gasteiger partial charge in [-0.2, -0.15) is 0 Å². The minimum absolute atomic E-state index is 0.0461. The molecule has 22 heavy (non-hydrogen) atoms. The molecule has 1 aliphatic rings. The largest absolute Gasteiger partial charge is 0.379 e. The van der Waals surface area contributed by atoms with Crippen molar-refractivity contribution in [3.8, 4) is 0 Å². The molecule has 0 aliphatic heterocycles. The van der Waals surface area contributed by atoms with Crippen molar-refractivity contribution < 1.29 is 17.8 Å². The maximum atomic E-state index is 11.9. The van der Waals surface area contributed by atoms with Crippen molar-refractivity contribution in [3.05, 3.63) is 35.5 Å². The van der Waals surface area contributed by atoms with Crippen molar-refractivity contribution in [1.82, 2.24) is 15.6 Å². The zero-order valence-electron chi connectivity index (χ0n) is 11.3. The molecule has 0 bridgehead atoms. The Kier molecular flexibility index (Phi) is 3.34. The quantitative estimate of drug-likeness (QED) is 0.690. The van der Waals surface area contributed by atoms with Crippen LogP contribution in [-0.4, -0.2) is 30.7 Å². The summed E-state index contributed by atoms with van der Waals surface area (Å²) in [5.74, 6) is -0.404. The van der Waals surface area contributed by atoms with Crippen LogP contribution in [0, 0.1) is 0 Å². The molecular formula is C12H13N5O4S. The second-order valence-electron chi connectivity index (χ2n) is 5.03. The molecule has 3 rings (SSSR count). The molecule has 0 unspecified atom stereocenters. The number of nitrogens with zero attached hydrogens (tertiary/aromatic N) is 2. The summed E-state index contributed by atoms with van der Waals surface area (Å²) in [6, 6.07) is 6.19. The highest BCUT2D eigenvalue weighted by Crippen LogP contribution is 2.41. The standard InChI is InChI=1S/C12H13N5O4S/c13-11-10(16-21-17-11)12(18)15-9-5-8(9)6-1-3-7(4-2-6)22(14,19)20/h1-4,8-9H,5H2,(H2,13,17)(H,15,18)(H2,14,19,20)/t8-,9+/m1/s1. The molecule has 1 amide bonds. The van der Waals surface area contributed by atoms with Crippen LogP contribution < -0.4 is 16.2 Å². The number of anilines is 1. The zero-order valence-corrected chi connectivity index (χ0v) is 12.1. The predicted octanol–water partition coefficient (Wildman–Crippen LogP) is -0.415. The van der Waals surface area contributed by atoms with E-state index in [0.29, 0.717) is 0 Å². The summed E-state index contributed by atoms with van der Waals surface area (Å²) >= 11 is 0. The third-order valence-electron chi connectivity index (χ3n) is 3.47. The van der Waals surface area contributed by atoms with Crippen molar-refractivity contribution in [2.45, 2.75) is 23.3 Å². The third-order valence-corrected chi connectivity index (χ3v) is 4.40. The maximum Gasteiger partial charge on any atom is 0.277 e. The maximum absolute atomic E-state index is 11.9. The van der Waals surface area contributed by atoms with Gasteiger partial charge in [-0.15, -0.1) is 0 Å². The number of benzene rings is 1. The van der Waals surface area contributed by atoms with Crippen LogP contribution >= 0.6 is 0 Å². The minimum atomic E-state index is -3.70. The van der Waals surface area contributed by atoms with Gasteiger partial charge in [-0.05, 0) is 34.4 Å². The van der Waals surface area contributed by atoms with Crippen molar-refractivity contribution in [2.75, 3.05) is 5.73 Å². The lowest BCUT2D eigenvalue weighted by molar-refractivity contribution is 0.0941. The van der Waals surface area contributed by atoms with E-state index in [1.807, 2.05) is 0 Å². The van der Waals surface area contributed by atoms with Gasteiger partial charge in [0.05, 0.1) is 4.90 Å². The van der Waals surface area contributed by atoms with E-state index in [4.69, 9.17) is 10.9 Å². The van der Waals surface area contributed by atoms with E-state index in [-0.39, 0.29) is 28.4 Å². The lowest BCUT2D eigenvalue weighted by atomic mass is 10.1. The number of amides is 1. The number of primary sulfonamides is 1. The van der Waals surface area contributed by atoms with Gasteiger partial charge in [0.1, 0.15) is 0 Å². The van der Waals surface area contributed by atoms with Crippen molar-refractivity contribution in [2.24, 2.45) is 5.14 Å². The van der Waals surface area contributed by atoms with E-state index in [1.54, 1.807) is 12.1 Å². The van der Waals surface area contributed by atoms with E-state index in [0.717, 1.165) is 12.0 Å². The summed E-state index contributed by atoms with van der Waals surface area (Å²) in [4.78, 5) is 11.9. The fourth-order valence-electron chi connectivity index (χ4n) is 2.22. The lowest BCUT2D eigenvalue weighted by Gasteiger charge is -2.04. The molecule has 5 N–H and O–H groups in total. The Hall–Kier alpha value is -2.46. The molecule has 1 fully saturated rings. The van der Waals surface area contributed by atoms with Crippen LogP contribution in [0.25, 0.3) is 0 Å². The van der Waals surface area contributed by atoms with Crippen LogP contribution in [0.3, 0.4) is 0 Å². The molecule has 1 aliphatic carbocycles. The molecular weight excluding hydrogens is 310 g/mol. The number of nitrogen functional groups attached to an aromatic ring is 1. The van der Waals surface area contributed by atoms with E-state index in [1.165, 1.54) is 12.1 Å². The Balaban J connectivity index is 1.65. The van der Waals surface area contributed by atoms with E-state index in [2.05, 4.69) is 20.3 Å². The zero-order chi connectivity index (χ0) is 15.9. The van der Waals surface area contributed by atoms with Crippen molar-refractivity contribution in [3.63, 3.8) is 0 Å². The molecule has 9 nitrogen and oxygen atoms in total. The summed E-state index contributed by atoms with van der Waals surface area (Å²) in [6.45, 7) is 0. The number of nitrogens with one attached hydrogen (secondary N) is 1. The summed E-state index contributed by atoms with van der Waals surface area (Å²) in [6.07, 6.45) is 0.742. The summed E-state index contributed by atoms with van der Waals surface area (Å²) in [5.41, 5.74) is 6.32. The highest BCUT2D eigenvalue weighted by molar-refractivity contribution is 7.89. The van der Waals surface area contributed by atoms with Crippen LogP contribution in [0.4, 0.5) is 5.82 Å². The number of hydrogen-bond acceptors (Lipinski definition) is 7. The Bertz CT molecular complexity index is 814. The molecule has 1 saturated carbocycles. The molecule has 10 heteroatoms. The van der Waals surface area contributed by atoms with Crippen LogP contribution in [0.15, 0.2) is 33.8 Å². The van der Waals surface area contributed by atoms with E-state index < -0.39 is 15.9 Å². The Labute approximate surface area is 125 Å². The van der Waals surface area contributed by atoms with E-state index in [9.17, 15) is 13.2 Å². The number of nitrogens with two attached hydrogens (primary N) is 2. The Morgan fingerprint density at radius 3 is 2.50 bits per heavy atom. The van der Waals surface area contributed by atoms with Gasteiger partial charge in [-0.1, -0.05) is 12.1 Å². The smallest absolute Gasteiger partial charge is 0.277 e. The molecule has 0 spiro atoms. The topological polar surface area (TPSA) is 154 Å². The van der Waals surface area contributed by atoms with Crippen LogP contribution in [-0.2, 0) is 10.0 Å². The monoisotopic (exact) mass is 323 g/mol. The van der Waals surface area contributed by atoms with Crippen LogP contribution in [0.1, 0.15) is 28.4 Å². The first-order valence-electron chi connectivity index (χ1n) is 6.38. The first kappa shape index (κ1) is 14.5. The first-order valence-corrected chi connectivity index (χ1v) is 7.92. The number of aromatic nitrogens is 2. The number of carbonyl (C=O) groups excluding carboxylic acids is 1. The van der Waals surface area contributed by atoms with Gasteiger partial charge in [0.25, 0.3) is 5.91 Å². The molecule has 116 valence electrons. The van der Waals surface area contributed by atoms with Gasteiger partial charge < -0.3 is 11.1 Å². The average molecular weight is 323 g/mol. The van der Waals surface area contributed by atoms with Crippen molar-refractivity contribution >= 4 is 21.7 Å². The molecule has 1 aromatic heterocycles. The minimum Gasteiger partial charge on any atom is -0.379 e. The number of rotatable bonds is 4. The SMILES string of the molecule is Nc1nonc1C(=O)N[C@H]1C[C@@H]1c1ccc(S(N)(=O)=O)cc1. The highest BCUT2D eigenvalue weighted by atomic mass is 32.2. The van der Waals surface area contributed by atoms with Crippen LogP contribution in [0.5, 0.6) is 0 Å². The first-order chi connectivity index (χ1) is 10.4. The van der Waals surface area contributed by atoms with Gasteiger partial charge in [-0.25, -0.2) is 18.2 Å². The molecule has 2 aromatic rings. The Morgan fingerprint density at radius 1 is 1.27 bits per heavy atom. The molecule has 1 aromatic carbocycles. The van der Waals surface area contributed by atoms with E-state index >= 15 is 0 Å². The lowest BCUT2D eigenvalue weighted by Crippen LogP contribution is -2.27. The fraction of sp³-hybridized carbons (Fsp3) is 0.250. The van der Waals surface area contributed by atoms with Gasteiger partial charge in [-0.3, -0.25) is 4.79 Å². The number of sulfonamides is 1. The van der Waals surface area contributed by atoms with Crippen molar-refractivity contribution in [1.29, 1.82) is 0 Å². The summed E-state index contributed by atoms with van der Waals surface area (Å²) in [5, 5.41) is 14.6. The number of carbonyl (C=O) groups is 1. The third kappa shape index (κ3) is 2.78. The van der Waals surface area contributed by atoms with Gasteiger partial charge in [0.2, 0.25) is 21.5 Å². The highest BCUT2D eigenvalue weighted by Gasteiger charge is 2.40. The van der Waals surface area contributed by atoms with Gasteiger partial charge in [0, 0.05) is 12.0 Å². The molecule has 2 atom stereocenters. The predicted molar refractivity (Wildman–Crippen MR) is 75.1 cm³/mol. The van der Waals surface area contributed by atoms with Gasteiger partial charge >= 0.3 is 0 Å². The molecule has 0 saturated heterocycles. The van der Waals surface area contributed by atoms with Crippen LogP contribution in [0.2, 0.25) is 0 Å². The summed E-state index contributed by atoms with van der Waals surface area (Å²) in [7, 11) is -3.70. The fourth-order valence-corrected chi connectivity index (χ4v) is 2.73. The second-order valence-corrected chi connectivity index (χ2v) is 6.60. The normalized spacial score (nSPS) is 20.6. The average Bonchev–Trinajstić information content (AvgIpc) is 3.08. The van der Waals surface area contributed by atoms with Gasteiger partial charge in [0.15, 0.2) is 0 Å².